The molecule has 0 spiro atoms. The minimum absolute atomic E-state index is 0.0185. The zero-order valence-electron chi connectivity index (χ0n) is 21.4. The van der Waals surface area contributed by atoms with Crippen LogP contribution < -0.4 is 10.1 Å². The van der Waals surface area contributed by atoms with E-state index in [1.165, 1.54) is 24.1 Å². The van der Waals surface area contributed by atoms with Gasteiger partial charge in [-0.2, -0.15) is 23.7 Å². The van der Waals surface area contributed by atoms with E-state index in [2.05, 4.69) is 11.4 Å². The van der Waals surface area contributed by atoms with Gasteiger partial charge >= 0.3 is 6.18 Å². The molecule has 0 aliphatic carbocycles. The molecular weight excluding hydrogens is 515 g/mol. The second-order valence-corrected chi connectivity index (χ2v) is 10.4. The molecule has 5 rings (SSSR count). The Bertz CT molecular complexity index is 1450. The molecule has 1 aromatic carbocycles. The predicted molar refractivity (Wildman–Crippen MR) is 131 cm³/mol. The van der Waals surface area contributed by atoms with Crippen molar-refractivity contribution in [1.29, 1.82) is 10.5 Å². The number of nitrogens with zero attached hydrogens (tertiary/aromatic N) is 4. The van der Waals surface area contributed by atoms with E-state index in [1.807, 2.05) is 6.07 Å². The highest BCUT2D eigenvalue weighted by atomic mass is 19.4. The quantitative estimate of drug-likeness (QED) is 0.620. The first-order chi connectivity index (χ1) is 18.4. The Kier molecular flexibility index (Phi) is 6.34. The molecule has 12 heteroatoms. The minimum atomic E-state index is -4.55. The lowest BCUT2D eigenvalue weighted by Gasteiger charge is -2.35. The molecule has 0 bridgehead atoms. The van der Waals surface area contributed by atoms with Gasteiger partial charge in [0, 0.05) is 18.7 Å². The first kappa shape index (κ1) is 26.6. The highest BCUT2D eigenvalue weighted by Gasteiger charge is 2.43. The van der Waals surface area contributed by atoms with Crippen molar-refractivity contribution < 1.29 is 32.2 Å². The van der Waals surface area contributed by atoms with Crippen LogP contribution in [0.4, 0.5) is 13.2 Å². The van der Waals surface area contributed by atoms with E-state index in [0.717, 1.165) is 0 Å². The third-order valence-corrected chi connectivity index (χ3v) is 7.71. The van der Waals surface area contributed by atoms with Crippen LogP contribution in [-0.2, 0) is 24.1 Å². The van der Waals surface area contributed by atoms with E-state index >= 15 is 0 Å². The number of methoxy groups -OCH3 is 1. The Labute approximate surface area is 222 Å². The summed E-state index contributed by atoms with van der Waals surface area (Å²) in [7, 11) is 1.38. The smallest absolute Gasteiger partial charge is 0.393 e. The molecule has 4 heterocycles. The Morgan fingerprint density at radius 3 is 2.51 bits per heavy atom. The molecule has 204 valence electrons. The normalized spacial score (nSPS) is 21.2. The molecule has 3 aliphatic rings. The van der Waals surface area contributed by atoms with Gasteiger partial charge in [0.15, 0.2) is 5.54 Å². The number of aryl methyl sites for hydroxylation is 1. The molecule has 3 aliphatic heterocycles. The van der Waals surface area contributed by atoms with E-state index in [1.54, 1.807) is 17.6 Å². The number of alkyl halides is 3. The number of fused-ring (bicyclic) bond motifs is 3. The van der Waals surface area contributed by atoms with Crippen molar-refractivity contribution in [2.45, 2.75) is 56.4 Å². The zero-order valence-corrected chi connectivity index (χ0v) is 21.4. The van der Waals surface area contributed by atoms with Gasteiger partial charge in [-0.25, -0.2) is 0 Å². The lowest BCUT2D eigenvalue weighted by molar-refractivity contribution is -0.127. The summed E-state index contributed by atoms with van der Waals surface area (Å²) in [4.78, 5) is 28.3. The molecule has 1 aromatic heterocycles. The Morgan fingerprint density at radius 2 is 1.92 bits per heavy atom. The van der Waals surface area contributed by atoms with E-state index in [4.69, 9.17) is 9.47 Å². The maximum absolute atomic E-state index is 13.7. The average molecular weight is 542 g/mol. The number of carbonyl (C=O) groups is 2. The maximum Gasteiger partial charge on any atom is 0.393 e. The number of aromatic nitrogens is 1. The number of rotatable bonds is 5. The van der Waals surface area contributed by atoms with Crippen LogP contribution in [0.2, 0.25) is 0 Å². The molecule has 39 heavy (non-hydrogen) atoms. The van der Waals surface area contributed by atoms with Crippen molar-refractivity contribution in [1.82, 2.24) is 14.8 Å². The van der Waals surface area contributed by atoms with Crippen LogP contribution in [0.5, 0.6) is 5.75 Å². The third-order valence-electron chi connectivity index (χ3n) is 7.71. The fourth-order valence-electron chi connectivity index (χ4n) is 5.61. The number of nitrogens with one attached hydrogen (secondary N) is 1. The zero-order chi connectivity index (χ0) is 28.2. The maximum atomic E-state index is 13.7. The number of hydrogen-bond acceptors (Lipinski definition) is 6. The summed E-state index contributed by atoms with van der Waals surface area (Å²) in [5.41, 5.74) is -0.950. The topological polar surface area (TPSA) is 120 Å². The highest BCUT2D eigenvalue weighted by molar-refractivity contribution is 6.00. The molecule has 2 amide bonds. The fraction of sp³-hybridized carbons (Fsp3) is 0.481. The van der Waals surface area contributed by atoms with Gasteiger partial charge in [0.05, 0.1) is 50.1 Å². The fourth-order valence-corrected chi connectivity index (χ4v) is 5.61. The van der Waals surface area contributed by atoms with Crippen LogP contribution in [0.3, 0.4) is 0 Å². The molecule has 2 aromatic rings. The van der Waals surface area contributed by atoms with Crippen molar-refractivity contribution >= 4 is 11.8 Å². The van der Waals surface area contributed by atoms with Gasteiger partial charge in [0.1, 0.15) is 17.0 Å². The van der Waals surface area contributed by atoms with Crippen LogP contribution in [0.1, 0.15) is 51.7 Å². The van der Waals surface area contributed by atoms with Crippen LogP contribution in [0.15, 0.2) is 18.2 Å². The number of halogens is 3. The van der Waals surface area contributed by atoms with Gasteiger partial charge in [-0.15, -0.1) is 0 Å². The number of hydrogen-bond donors (Lipinski definition) is 1. The molecular formula is C27H26F3N5O4. The molecule has 1 atom stereocenters. The van der Waals surface area contributed by atoms with Crippen molar-refractivity contribution in [2.24, 2.45) is 0 Å². The van der Waals surface area contributed by atoms with Crippen LogP contribution >= 0.6 is 0 Å². The second kappa shape index (κ2) is 9.31. The molecule has 9 nitrogen and oxygen atoms in total. The van der Waals surface area contributed by atoms with Gasteiger partial charge in [-0.3, -0.25) is 9.59 Å². The average Bonchev–Trinajstić information content (AvgIpc) is 3.44. The number of benzene rings is 1. The van der Waals surface area contributed by atoms with E-state index in [9.17, 15) is 33.3 Å². The summed E-state index contributed by atoms with van der Waals surface area (Å²) in [5.74, 6) is -0.907. The third kappa shape index (κ3) is 4.49. The summed E-state index contributed by atoms with van der Waals surface area (Å²) in [5, 5.41) is 21.8. The Balaban J connectivity index is 1.63. The number of nitriles is 2. The molecule has 0 radical (unpaired) electrons. The minimum Gasteiger partial charge on any atom is -0.496 e. The lowest BCUT2D eigenvalue weighted by atomic mass is 9.92. The highest BCUT2D eigenvalue weighted by Crippen LogP contribution is 2.41. The summed E-state index contributed by atoms with van der Waals surface area (Å²) >= 11 is 0. The molecule has 0 unspecified atom stereocenters. The van der Waals surface area contributed by atoms with E-state index in [-0.39, 0.29) is 48.0 Å². The van der Waals surface area contributed by atoms with Crippen LogP contribution in [0, 0.1) is 22.7 Å². The van der Waals surface area contributed by atoms with Gasteiger partial charge in [-0.1, -0.05) is 0 Å². The van der Waals surface area contributed by atoms with Gasteiger partial charge in [0.25, 0.3) is 11.8 Å². The number of carbonyl (C=O) groups excluding carboxylic acids is 2. The van der Waals surface area contributed by atoms with E-state index < -0.39 is 35.5 Å². The molecule has 1 N–H and O–H groups in total. The number of likely N-dealkylation sites (tertiary alicyclic amines) is 1. The molecule has 2 fully saturated rings. The number of ether oxygens (including phenoxy) is 2. The first-order valence-corrected chi connectivity index (χ1v) is 12.5. The summed E-state index contributed by atoms with van der Waals surface area (Å²) in [6.45, 7) is 2.26. The van der Waals surface area contributed by atoms with Gasteiger partial charge < -0.3 is 24.3 Å². The summed E-state index contributed by atoms with van der Waals surface area (Å²) in [6, 6.07) is 8.54. The van der Waals surface area contributed by atoms with Crippen molar-refractivity contribution in [2.75, 3.05) is 26.9 Å². The second-order valence-electron chi connectivity index (χ2n) is 10.4. The monoisotopic (exact) mass is 541 g/mol. The Hall–Kier alpha value is -4.03. The Morgan fingerprint density at radius 1 is 1.18 bits per heavy atom. The largest absolute Gasteiger partial charge is 0.496 e. The van der Waals surface area contributed by atoms with Crippen LogP contribution in [-0.4, -0.2) is 65.4 Å². The van der Waals surface area contributed by atoms with Crippen molar-refractivity contribution in [3.8, 4) is 29.1 Å². The lowest BCUT2D eigenvalue weighted by Crippen LogP contribution is -2.61. The molecule has 0 saturated carbocycles. The summed E-state index contributed by atoms with van der Waals surface area (Å²) < 4.78 is 53.2. The van der Waals surface area contributed by atoms with Crippen molar-refractivity contribution in [3.63, 3.8) is 0 Å². The molecule has 2 saturated heterocycles. The number of amides is 2. The van der Waals surface area contributed by atoms with Gasteiger partial charge in [0.2, 0.25) is 0 Å². The van der Waals surface area contributed by atoms with Crippen LogP contribution in [0.25, 0.3) is 11.3 Å². The SMILES string of the molecule is COc1cc2c(cc1C(=O)NC1(C#N)COC1)-c1c(CC(F)(F)F)cc(C(=O)N3CCC[C@]3(C)C#N)n1CC2. The van der Waals surface area contributed by atoms with E-state index in [0.29, 0.717) is 36.9 Å². The summed E-state index contributed by atoms with van der Waals surface area (Å²) in [6.07, 6.45) is -4.34. The first-order valence-electron chi connectivity index (χ1n) is 12.5. The predicted octanol–water partition coefficient (Wildman–Crippen LogP) is 3.37. The van der Waals surface area contributed by atoms with Gasteiger partial charge in [-0.05, 0) is 55.5 Å². The standard InChI is InChI=1S/C27H26F3N5O4/c1-25(12-31)5-3-6-35(25)24(37)20-8-17(11-27(28,29)30)22-18-10-19(23(36)33-26(13-32)14-39-15-26)21(38-2)9-16(18)4-7-34(20)22/h8-10H,3-7,11,14-15H2,1-2H3,(H,33,36)/t25-/m1/s1. The van der Waals surface area contributed by atoms with Crippen molar-refractivity contribution in [3.05, 3.63) is 40.6 Å².